The third-order valence-corrected chi connectivity index (χ3v) is 5.91. The number of hydrogen-bond acceptors (Lipinski definition) is 6. The van der Waals surface area contributed by atoms with Gasteiger partial charge in [-0.1, -0.05) is 6.07 Å². The number of hydrogen-bond donors (Lipinski definition) is 1. The van der Waals surface area contributed by atoms with Crippen LogP contribution in [0.3, 0.4) is 0 Å². The number of ether oxygens (including phenoxy) is 3. The Balaban J connectivity index is 1.62. The second-order valence-corrected chi connectivity index (χ2v) is 8.75. The molecule has 1 saturated carbocycles. The summed E-state index contributed by atoms with van der Waals surface area (Å²) in [5, 5.41) is 0. The van der Waals surface area contributed by atoms with E-state index in [0.717, 1.165) is 24.0 Å². The van der Waals surface area contributed by atoms with E-state index in [-0.39, 0.29) is 35.5 Å². The van der Waals surface area contributed by atoms with Gasteiger partial charge in [0.05, 0.1) is 12.7 Å². The largest absolute Gasteiger partial charge is 0.495 e. The van der Waals surface area contributed by atoms with Crippen LogP contribution in [0, 0.1) is 13.8 Å². The van der Waals surface area contributed by atoms with E-state index in [9.17, 15) is 13.2 Å². The predicted molar refractivity (Wildman–Crippen MR) is 108 cm³/mol. The number of esters is 1. The van der Waals surface area contributed by atoms with Gasteiger partial charge in [0, 0.05) is 6.04 Å². The Kier molecular flexibility index (Phi) is 6.44. The van der Waals surface area contributed by atoms with Crippen LogP contribution < -0.4 is 14.2 Å². The second kappa shape index (κ2) is 8.84. The Bertz CT molecular complexity index is 978. The minimum absolute atomic E-state index is 0.0419. The average Bonchev–Trinajstić information content (AvgIpc) is 3.47. The maximum atomic E-state index is 12.5. The third kappa shape index (κ3) is 5.71. The van der Waals surface area contributed by atoms with Crippen LogP contribution in [0.4, 0.5) is 0 Å². The summed E-state index contributed by atoms with van der Waals surface area (Å²) in [7, 11) is -2.39. The van der Waals surface area contributed by atoms with Crippen molar-refractivity contribution in [2.24, 2.45) is 0 Å². The van der Waals surface area contributed by atoms with Crippen LogP contribution in [0.15, 0.2) is 41.3 Å². The normalized spacial score (nSPS) is 13.8. The molecule has 0 atom stereocenters. The molecule has 1 fully saturated rings. The maximum absolute atomic E-state index is 12.5. The van der Waals surface area contributed by atoms with Crippen molar-refractivity contribution in [1.82, 2.24) is 4.72 Å². The fourth-order valence-corrected chi connectivity index (χ4v) is 4.39. The summed E-state index contributed by atoms with van der Waals surface area (Å²) in [5.41, 5.74) is 2.31. The van der Waals surface area contributed by atoms with Crippen molar-refractivity contribution in [1.29, 1.82) is 0 Å². The molecule has 1 aliphatic carbocycles. The van der Waals surface area contributed by atoms with Gasteiger partial charge < -0.3 is 14.2 Å². The lowest BCUT2D eigenvalue weighted by Gasteiger charge is -2.12. The molecule has 0 aromatic heterocycles. The van der Waals surface area contributed by atoms with Crippen LogP contribution in [0.5, 0.6) is 11.5 Å². The summed E-state index contributed by atoms with van der Waals surface area (Å²) in [6, 6.07) is 10.00. The van der Waals surface area contributed by atoms with Gasteiger partial charge >= 0.3 is 5.97 Å². The van der Waals surface area contributed by atoms with E-state index < -0.39 is 16.0 Å². The van der Waals surface area contributed by atoms with Crippen molar-refractivity contribution >= 4 is 16.0 Å². The first kappa shape index (κ1) is 21.1. The average molecular weight is 419 g/mol. The minimum Gasteiger partial charge on any atom is -0.495 e. The molecule has 156 valence electrons. The molecule has 0 amide bonds. The van der Waals surface area contributed by atoms with Gasteiger partial charge in [-0.25, -0.2) is 17.9 Å². The predicted octanol–water partition coefficient (Wildman–Crippen LogP) is 2.99. The first-order valence-corrected chi connectivity index (χ1v) is 10.9. The molecule has 2 aromatic carbocycles. The second-order valence-electron chi connectivity index (χ2n) is 7.07. The van der Waals surface area contributed by atoms with E-state index in [0.29, 0.717) is 5.75 Å². The van der Waals surface area contributed by atoms with Crippen LogP contribution in [0.1, 0.15) is 34.3 Å². The smallest absolute Gasteiger partial charge is 0.338 e. The van der Waals surface area contributed by atoms with Crippen molar-refractivity contribution in [2.45, 2.75) is 37.6 Å². The Labute approximate surface area is 171 Å². The van der Waals surface area contributed by atoms with E-state index in [4.69, 9.17) is 14.2 Å². The van der Waals surface area contributed by atoms with Gasteiger partial charge in [0.1, 0.15) is 29.6 Å². The molecule has 0 aliphatic heterocycles. The fourth-order valence-electron chi connectivity index (χ4n) is 2.89. The van der Waals surface area contributed by atoms with Crippen molar-refractivity contribution in [3.8, 4) is 11.5 Å². The Morgan fingerprint density at radius 2 is 1.76 bits per heavy atom. The molecule has 0 unspecified atom stereocenters. The lowest BCUT2D eigenvalue weighted by Crippen LogP contribution is -2.26. The number of sulfonamides is 1. The molecule has 0 spiro atoms. The van der Waals surface area contributed by atoms with Gasteiger partial charge in [0.2, 0.25) is 10.0 Å². The van der Waals surface area contributed by atoms with Gasteiger partial charge in [0.25, 0.3) is 0 Å². The molecule has 8 heteroatoms. The molecule has 3 rings (SSSR count). The molecule has 29 heavy (non-hydrogen) atoms. The zero-order chi connectivity index (χ0) is 21.0. The van der Waals surface area contributed by atoms with Crippen LogP contribution >= 0.6 is 0 Å². The highest BCUT2D eigenvalue weighted by atomic mass is 32.2. The zero-order valence-electron chi connectivity index (χ0n) is 16.7. The number of aryl methyl sites for hydroxylation is 2. The van der Waals surface area contributed by atoms with Crippen molar-refractivity contribution in [3.63, 3.8) is 0 Å². The lowest BCUT2D eigenvalue weighted by atomic mass is 10.1. The van der Waals surface area contributed by atoms with Gasteiger partial charge in [0.15, 0.2) is 0 Å². The Morgan fingerprint density at radius 1 is 1.07 bits per heavy atom. The van der Waals surface area contributed by atoms with Crippen LogP contribution in [0.2, 0.25) is 0 Å². The molecule has 0 heterocycles. The highest BCUT2D eigenvalue weighted by Crippen LogP contribution is 2.28. The van der Waals surface area contributed by atoms with Gasteiger partial charge in [-0.2, -0.15) is 0 Å². The molecular formula is C21H25NO6S. The molecule has 0 bridgehead atoms. The summed E-state index contributed by atoms with van der Waals surface area (Å²) in [4.78, 5) is 12.3. The number of benzene rings is 2. The van der Waals surface area contributed by atoms with Gasteiger partial charge in [-0.15, -0.1) is 0 Å². The molecular weight excluding hydrogens is 394 g/mol. The monoisotopic (exact) mass is 419 g/mol. The highest BCUT2D eigenvalue weighted by Gasteiger charge is 2.30. The molecule has 7 nitrogen and oxygen atoms in total. The molecule has 0 radical (unpaired) electrons. The van der Waals surface area contributed by atoms with E-state index in [1.807, 2.05) is 32.0 Å². The molecule has 0 saturated heterocycles. The third-order valence-electron chi connectivity index (χ3n) is 4.37. The maximum Gasteiger partial charge on any atom is 0.338 e. The standard InChI is InChI=1S/C21H25NO6S/c1-14-10-15(2)12-18(11-14)27-8-9-28-21(23)16-4-7-19(26-3)20(13-16)29(24,25)22-17-5-6-17/h4,7,10-13,17,22H,5-6,8-9H2,1-3H3. The quantitative estimate of drug-likeness (QED) is 0.496. The highest BCUT2D eigenvalue weighted by molar-refractivity contribution is 7.89. The lowest BCUT2D eigenvalue weighted by molar-refractivity contribution is 0.0450. The molecule has 1 aliphatic rings. The van der Waals surface area contributed by atoms with E-state index in [1.54, 1.807) is 0 Å². The zero-order valence-corrected chi connectivity index (χ0v) is 17.5. The van der Waals surface area contributed by atoms with E-state index >= 15 is 0 Å². The molecule has 1 N–H and O–H groups in total. The summed E-state index contributed by atoms with van der Waals surface area (Å²) >= 11 is 0. The van der Waals surface area contributed by atoms with Crippen LogP contribution in [-0.2, 0) is 14.8 Å². The summed E-state index contributed by atoms with van der Waals surface area (Å²) in [6.45, 7) is 4.19. The summed E-state index contributed by atoms with van der Waals surface area (Å²) in [5.74, 6) is 0.259. The minimum atomic E-state index is -3.77. The Morgan fingerprint density at radius 3 is 2.38 bits per heavy atom. The van der Waals surface area contributed by atoms with Crippen LogP contribution in [0.25, 0.3) is 0 Å². The topological polar surface area (TPSA) is 90.9 Å². The number of nitrogens with one attached hydrogen (secondary N) is 1. The summed E-state index contributed by atoms with van der Waals surface area (Å²) < 4.78 is 43.7. The number of methoxy groups -OCH3 is 1. The van der Waals surface area contributed by atoms with Crippen molar-refractivity contribution in [2.75, 3.05) is 20.3 Å². The van der Waals surface area contributed by atoms with E-state index in [2.05, 4.69) is 4.72 Å². The van der Waals surface area contributed by atoms with Crippen molar-refractivity contribution in [3.05, 3.63) is 53.1 Å². The number of carbonyl (C=O) groups excluding carboxylic acids is 1. The van der Waals surface area contributed by atoms with Gasteiger partial charge in [-0.3, -0.25) is 0 Å². The van der Waals surface area contributed by atoms with Gasteiger partial charge in [-0.05, 0) is 68.1 Å². The number of rotatable bonds is 9. The van der Waals surface area contributed by atoms with Crippen LogP contribution in [-0.4, -0.2) is 40.8 Å². The SMILES string of the molecule is COc1ccc(C(=O)OCCOc2cc(C)cc(C)c2)cc1S(=O)(=O)NC1CC1. The first-order chi connectivity index (χ1) is 13.8. The molecule has 2 aromatic rings. The number of carbonyl (C=O) groups is 1. The first-order valence-electron chi connectivity index (χ1n) is 9.37. The van der Waals surface area contributed by atoms with Crippen molar-refractivity contribution < 1.29 is 27.4 Å². The van der Waals surface area contributed by atoms with E-state index in [1.165, 1.54) is 25.3 Å². The summed E-state index contributed by atoms with van der Waals surface area (Å²) in [6.07, 6.45) is 1.62. The Hall–Kier alpha value is -2.58. The fraction of sp³-hybridized carbons (Fsp3) is 0.381.